The number of hydrogen-bond donors (Lipinski definition) is 2. The molecule has 2 N–H and O–H groups in total. The maximum Gasteiger partial charge on any atom is 0.273 e. The summed E-state index contributed by atoms with van der Waals surface area (Å²) in [5.41, 5.74) is 3.60. The van der Waals surface area contributed by atoms with Crippen molar-refractivity contribution in [3.05, 3.63) is 95.8 Å². The number of para-hydroxylation sites is 1. The standard InChI is InChI=1S/C28H27FN4O2S/c29-22-10-12-23(13-11-22)33-26(34)19-36-28(33)24-8-4-5-9-25(24)32(27(28)35)20-31-16-14-30(15-17-31)18-21-6-2-1-3-7-21/h1-13H,14-20H2/p+2. The van der Waals surface area contributed by atoms with Crippen molar-refractivity contribution < 1.29 is 23.8 Å². The Morgan fingerprint density at radius 3 is 2.25 bits per heavy atom. The second kappa shape index (κ2) is 9.35. The van der Waals surface area contributed by atoms with Gasteiger partial charge in [-0.1, -0.05) is 48.5 Å². The van der Waals surface area contributed by atoms with Crippen LogP contribution in [0.2, 0.25) is 0 Å². The molecule has 8 heteroatoms. The molecule has 2 fully saturated rings. The summed E-state index contributed by atoms with van der Waals surface area (Å²) in [5.74, 6) is -0.388. The largest absolute Gasteiger partial charge is 0.322 e. The molecule has 36 heavy (non-hydrogen) atoms. The lowest BCUT2D eigenvalue weighted by Crippen LogP contribution is -3.28. The van der Waals surface area contributed by atoms with Gasteiger partial charge in [-0.15, -0.1) is 11.8 Å². The van der Waals surface area contributed by atoms with E-state index in [4.69, 9.17) is 0 Å². The number of nitrogens with zero attached hydrogens (tertiary/aromatic N) is 2. The van der Waals surface area contributed by atoms with Crippen LogP contribution in [0.4, 0.5) is 15.8 Å². The van der Waals surface area contributed by atoms with Crippen LogP contribution < -0.4 is 19.6 Å². The van der Waals surface area contributed by atoms with E-state index in [1.165, 1.54) is 34.4 Å². The predicted molar refractivity (Wildman–Crippen MR) is 138 cm³/mol. The molecule has 0 aliphatic carbocycles. The number of halogens is 1. The lowest BCUT2D eigenvalue weighted by atomic mass is 10.0. The number of anilines is 2. The van der Waals surface area contributed by atoms with Crippen molar-refractivity contribution in [2.45, 2.75) is 11.4 Å². The molecule has 3 aromatic rings. The molecule has 3 heterocycles. The number of hydrogen-bond acceptors (Lipinski definition) is 3. The average molecular weight is 505 g/mol. The summed E-state index contributed by atoms with van der Waals surface area (Å²) < 4.78 is 13.6. The van der Waals surface area contributed by atoms with E-state index < -0.39 is 4.87 Å². The lowest BCUT2D eigenvalue weighted by molar-refractivity contribution is -1.02. The minimum atomic E-state index is -1.15. The number of quaternary nitrogens is 2. The fourth-order valence-corrected chi connectivity index (χ4v) is 7.06. The monoisotopic (exact) mass is 504 g/mol. The van der Waals surface area contributed by atoms with Gasteiger partial charge in [0.25, 0.3) is 5.91 Å². The van der Waals surface area contributed by atoms with Crippen LogP contribution in [0.5, 0.6) is 0 Å². The third-order valence-corrected chi connectivity index (χ3v) is 8.88. The molecule has 6 rings (SSSR count). The number of fused-ring (bicyclic) bond motifs is 2. The number of benzene rings is 3. The van der Waals surface area contributed by atoms with Crippen molar-refractivity contribution in [2.24, 2.45) is 0 Å². The third-order valence-electron chi connectivity index (χ3n) is 7.49. The summed E-state index contributed by atoms with van der Waals surface area (Å²) in [6.45, 7) is 5.65. The molecule has 0 bridgehead atoms. The van der Waals surface area contributed by atoms with Gasteiger partial charge in [-0.05, 0) is 30.3 Å². The van der Waals surface area contributed by atoms with E-state index in [2.05, 4.69) is 24.3 Å². The van der Waals surface area contributed by atoms with E-state index in [1.54, 1.807) is 21.9 Å². The second-order valence-electron chi connectivity index (χ2n) is 9.71. The van der Waals surface area contributed by atoms with E-state index in [9.17, 15) is 14.0 Å². The molecule has 3 aromatic carbocycles. The Kier molecular flexibility index (Phi) is 6.03. The van der Waals surface area contributed by atoms with Crippen LogP contribution in [0.3, 0.4) is 0 Å². The summed E-state index contributed by atoms with van der Waals surface area (Å²) in [4.78, 5) is 32.5. The average Bonchev–Trinajstić information content (AvgIpc) is 3.37. The van der Waals surface area contributed by atoms with Crippen molar-refractivity contribution in [3.63, 3.8) is 0 Å². The fraction of sp³-hybridized carbons (Fsp3) is 0.286. The SMILES string of the molecule is O=C1CSC2(C(=O)N(C[NH+]3CC[NH+](Cc4ccccc4)CC3)c3ccccc32)N1c1ccc(F)cc1. The van der Waals surface area contributed by atoms with Gasteiger partial charge in [0.1, 0.15) is 38.5 Å². The zero-order chi connectivity index (χ0) is 24.7. The topological polar surface area (TPSA) is 49.5 Å². The number of nitrogens with one attached hydrogen (secondary N) is 2. The van der Waals surface area contributed by atoms with Crippen molar-refractivity contribution in [3.8, 4) is 0 Å². The summed E-state index contributed by atoms with van der Waals surface area (Å²) in [6, 6.07) is 24.2. The number of carbonyl (C=O) groups excluding carboxylic acids is 2. The molecule has 0 aromatic heterocycles. The molecule has 3 aliphatic heterocycles. The summed E-state index contributed by atoms with van der Waals surface area (Å²) >= 11 is 1.36. The molecule has 3 aliphatic rings. The van der Waals surface area contributed by atoms with Gasteiger partial charge in [-0.25, -0.2) is 4.39 Å². The molecule has 1 spiro atoms. The number of piperazine rings is 1. The maximum atomic E-state index is 14.2. The van der Waals surface area contributed by atoms with Crippen LogP contribution in [0.1, 0.15) is 11.1 Å². The molecular weight excluding hydrogens is 475 g/mol. The number of thioether (sulfide) groups is 1. The third kappa shape index (κ3) is 3.89. The molecule has 2 amide bonds. The van der Waals surface area contributed by atoms with Gasteiger partial charge in [0, 0.05) is 16.8 Å². The minimum Gasteiger partial charge on any atom is -0.322 e. The zero-order valence-corrected chi connectivity index (χ0v) is 20.8. The summed E-state index contributed by atoms with van der Waals surface area (Å²) in [7, 11) is 0. The van der Waals surface area contributed by atoms with Crippen LogP contribution in [0.25, 0.3) is 0 Å². The first-order chi connectivity index (χ1) is 17.6. The molecule has 0 saturated carbocycles. The highest BCUT2D eigenvalue weighted by Crippen LogP contribution is 2.55. The van der Waals surface area contributed by atoms with Crippen molar-refractivity contribution in [1.82, 2.24) is 0 Å². The van der Waals surface area contributed by atoms with Gasteiger partial charge in [0.15, 0.2) is 6.67 Å². The Morgan fingerprint density at radius 1 is 0.833 bits per heavy atom. The number of rotatable bonds is 5. The second-order valence-corrected chi connectivity index (χ2v) is 10.9. The van der Waals surface area contributed by atoms with Crippen LogP contribution >= 0.6 is 11.8 Å². The molecule has 6 nitrogen and oxygen atoms in total. The quantitative estimate of drug-likeness (QED) is 0.546. The van der Waals surface area contributed by atoms with Crippen molar-refractivity contribution in [2.75, 3.05) is 48.4 Å². The van der Waals surface area contributed by atoms with E-state index >= 15 is 0 Å². The van der Waals surface area contributed by atoms with E-state index in [1.807, 2.05) is 35.2 Å². The first-order valence-corrected chi connectivity index (χ1v) is 13.4. The van der Waals surface area contributed by atoms with Gasteiger partial charge < -0.3 is 9.80 Å². The molecule has 2 saturated heterocycles. The van der Waals surface area contributed by atoms with Crippen molar-refractivity contribution >= 4 is 35.0 Å². The molecule has 184 valence electrons. The first kappa shape index (κ1) is 23.2. The summed E-state index contributed by atoms with van der Waals surface area (Å²) in [6.07, 6.45) is 0. The minimum absolute atomic E-state index is 0.0876. The highest BCUT2D eigenvalue weighted by molar-refractivity contribution is 8.02. The van der Waals surface area contributed by atoms with Gasteiger partial charge in [0.05, 0.1) is 11.4 Å². The Labute approximate surface area is 214 Å². The van der Waals surface area contributed by atoms with Crippen LogP contribution in [-0.2, 0) is 21.0 Å². The van der Waals surface area contributed by atoms with E-state index in [0.717, 1.165) is 44.0 Å². The van der Waals surface area contributed by atoms with Crippen LogP contribution in [0, 0.1) is 5.82 Å². The Balaban J connectivity index is 1.24. The Morgan fingerprint density at radius 2 is 1.50 bits per heavy atom. The zero-order valence-electron chi connectivity index (χ0n) is 20.0. The van der Waals surface area contributed by atoms with E-state index in [0.29, 0.717) is 12.4 Å². The fourth-order valence-electron chi connectivity index (χ4n) is 5.70. The highest BCUT2D eigenvalue weighted by Gasteiger charge is 2.61. The lowest BCUT2D eigenvalue weighted by Gasteiger charge is -2.34. The molecule has 1 atom stereocenters. The maximum absolute atomic E-state index is 14.2. The Hall–Kier alpha value is -3.20. The van der Waals surface area contributed by atoms with Gasteiger partial charge in [-0.2, -0.15) is 0 Å². The molecular formula is C28H29FN4O2S+2. The smallest absolute Gasteiger partial charge is 0.273 e. The molecule has 0 radical (unpaired) electrons. The summed E-state index contributed by atoms with van der Waals surface area (Å²) in [5, 5.41) is 0. The normalized spacial score (nSPS) is 25.6. The van der Waals surface area contributed by atoms with Gasteiger partial charge >= 0.3 is 0 Å². The Bertz CT molecular complexity index is 1280. The first-order valence-electron chi connectivity index (χ1n) is 12.4. The van der Waals surface area contributed by atoms with Gasteiger partial charge in [0.2, 0.25) is 10.8 Å². The predicted octanol–water partition coefficient (Wildman–Crippen LogP) is 1.05. The highest BCUT2D eigenvalue weighted by atomic mass is 32.2. The molecule has 1 unspecified atom stereocenters. The van der Waals surface area contributed by atoms with Crippen LogP contribution in [-0.4, -0.2) is 50.4 Å². The number of amides is 2. The van der Waals surface area contributed by atoms with Gasteiger partial charge in [-0.3, -0.25) is 19.4 Å². The van der Waals surface area contributed by atoms with Crippen molar-refractivity contribution in [1.29, 1.82) is 0 Å². The van der Waals surface area contributed by atoms with Crippen LogP contribution in [0.15, 0.2) is 78.9 Å². The number of carbonyl (C=O) groups is 2. The van der Waals surface area contributed by atoms with E-state index in [-0.39, 0.29) is 23.4 Å².